The van der Waals surface area contributed by atoms with Gasteiger partial charge in [-0.3, -0.25) is 0 Å². The van der Waals surface area contributed by atoms with Crippen molar-refractivity contribution in [1.82, 2.24) is 0 Å². The number of hydrogen-bond acceptors (Lipinski definition) is 2. The number of aliphatic hydroxyl groups excluding tert-OH is 1. The molecule has 1 N–H and O–H groups in total. The minimum Gasteiger partial charge on any atom is -0.391 e. The highest BCUT2D eigenvalue weighted by atomic mass is 32.2. The van der Waals surface area contributed by atoms with Gasteiger partial charge in [-0.25, -0.2) is 0 Å². The zero-order chi connectivity index (χ0) is 10.5. The molecular weight excluding hydrogens is 180 g/mol. The van der Waals surface area contributed by atoms with Crippen molar-refractivity contribution in [3.8, 4) is 0 Å². The van der Waals surface area contributed by atoms with E-state index in [9.17, 15) is 5.11 Å². The number of aliphatic hydroxyl groups is 1. The van der Waals surface area contributed by atoms with E-state index in [4.69, 9.17) is 0 Å². The second-order valence-corrected chi connectivity index (χ2v) is 6.24. The van der Waals surface area contributed by atoms with Gasteiger partial charge < -0.3 is 5.11 Å². The zero-order valence-electron chi connectivity index (χ0n) is 9.63. The molecule has 0 unspecified atom stereocenters. The first-order valence-corrected chi connectivity index (χ1v) is 6.22. The second kappa shape index (κ2) is 5.92. The first-order chi connectivity index (χ1) is 5.91. The van der Waals surface area contributed by atoms with Crippen LogP contribution in [0.5, 0.6) is 0 Å². The molecule has 0 saturated carbocycles. The lowest BCUT2D eigenvalue weighted by molar-refractivity contribution is 0.0956. The Morgan fingerprint density at radius 2 is 1.85 bits per heavy atom. The van der Waals surface area contributed by atoms with E-state index in [1.54, 1.807) is 0 Å². The van der Waals surface area contributed by atoms with Gasteiger partial charge in [0.1, 0.15) is 0 Å². The molecule has 0 aliphatic rings. The van der Waals surface area contributed by atoms with Gasteiger partial charge in [-0.05, 0) is 31.9 Å². The predicted octanol–water partition coefficient (Wildman–Crippen LogP) is 3.32. The third kappa shape index (κ3) is 4.92. The van der Waals surface area contributed by atoms with Crippen LogP contribution in [0.25, 0.3) is 0 Å². The van der Waals surface area contributed by atoms with Crippen LogP contribution in [0.15, 0.2) is 0 Å². The molecule has 1 nitrogen and oxygen atoms in total. The highest BCUT2D eigenvalue weighted by Crippen LogP contribution is 2.32. The van der Waals surface area contributed by atoms with Crippen LogP contribution < -0.4 is 0 Å². The lowest BCUT2D eigenvalue weighted by atomic mass is 9.96. The Morgan fingerprint density at radius 3 is 2.23 bits per heavy atom. The van der Waals surface area contributed by atoms with Crippen molar-refractivity contribution in [3.05, 3.63) is 0 Å². The van der Waals surface area contributed by atoms with Crippen LogP contribution in [0.3, 0.4) is 0 Å². The van der Waals surface area contributed by atoms with Crippen LogP contribution in [-0.4, -0.2) is 21.7 Å². The van der Waals surface area contributed by atoms with Crippen LogP contribution in [-0.2, 0) is 0 Å². The Bertz CT molecular complexity index is 132. The zero-order valence-corrected chi connectivity index (χ0v) is 10.4. The Morgan fingerprint density at radius 1 is 1.31 bits per heavy atom. The molecule has 0 aromatic heterocycles. The molecule has 0 aromatic rings. The fourth-order valence-corrected chi connectivity index (χ4v) is 2.77. The van der Waals surface area contributed by atoms with E-state index in [2.05, 4.69) is 34.6 Å². The maximum Gasteiger partial charge on any atom is 0.0704 e. The Kier molecular flexibility index (Phi) is 6.06. The summed E-state index contributed by atoms with van der Waals surface area (Å²) in [6.07, 6.45) is 2.29. The Labute approximate surface area is 87.3 Å². The SMILES string of the molecule is CCCCSC(C)(C)[C@H](O)C(C)C. The summed E-state index contributed by atoms with van der Waals surface area (Å²) in [7, 11) is 0. The van der Waals surface area contributed by atoms with E-state index in [1.807, 2.05) is 11.8 Å². The van der Waals surface area contributed by atoms with Gasteiger partial charge in [0.05, 0.1) is 6.10 Å². The van der Waals surface area contributed by atoms with Crippen LogP contribution in [0.1, 0.15) is 47.5 Å². The van der Waals surface area contributed by atoms with Gasteiger partial charge in [-0.2, -0.15) is 11.8 Å². The fraction of sp³-hybridized carbons (Fsp3) is 1.00. The minimum absolute atomic E-state index is 0.00331. The summed E-state index contributed by atoms with van der Waals surface area (Å²) in [5.41, 5.74) is 0. The summed E-state index contributed by atoms with van der Waals surface area (Å²) in [4.78, 5) is 0. The van der Waals surface area contributed by atoms with E-state index in [0.29, 0.717) is 5.92 Å². The standard InChI is InChI=1S/C11H24OS/c1-6-7-8-13-11(4,5)10(12)9(2)3/h9-10,12H,6-8H2,1-5H3/t10-/m1/s1. The van der Waals surface area contributed by atoms with E-state index in [-0.39, 0.29) is 10.9 Å². The average Bonchev–Trinajstić information content (AvgIpc) is 2.03. The molecule has 80 valence electrons. The highest BCUT2D eigenvalue weighted by molar-refractivity contribution is 8.00. The first kappa shape index (κ1) is 13.3. The lowest BCUT2D eigenvalue weighted by Gasteiger charge is -2.32. The van der Waals surface area contributed by atoms with Gasteiger partial charge in [0.2, 0.25) is 0 Å². The van der Waals surface area contributed by atoms with Gasteiger partial charge in [0.25, 0.3) is 0 Å². The van der Waals surface area contributed by atoms with Gasteiger partial charge in [-0.1, -0.05) is 27.2 Å². The quantitative estimate of drug-likeness (QED) is 0.670. The molecule has 0 saturated heterocycles. The van der Waals surface area contributed by atoms with Crippen molar-refractivity contribution >= 4 is 11.8 Å². The molecule has 0 amide bonds. The van der Waals surface area contributed by atoms with E-state index in [0.717, 1.165) is 5.75 Å². The number of thioether (sulfide) groups is 1. The van der Waals surface area contributed by atoms with E-state index < -0.39 is 0 Å². The average molecular weight is 204 g/mol. The molecule has 1 atom stereocenters. The molecule has 0 bridgehead atoms. The monoisotopic (exact) mass is 204 g/mol. The molecule has 0 radical (unpaired) electrons. The van der Waals surface area contributed by atoms with Gasteiger partial charge in [0, 0.05) is 4.75 Å². The van der Waals surface area contributed by atoms with Crippen LogP contribution in [0.2, 0.25) is 0 Å². The molecule has 0 aromatic carbocycles. The smallest absolute Gasteiger partial charge is 0.0704 e. The van der Waals surface area contributed by atoms with Crippen LogP contribution >= 0.6 is 11.8 Å². The number of rotatable bonds is 6. The van der Waals surface area contributed by atoms with Crippen molar-refractivity contribution in [1.29, 1.82) is 0 Å². The maximum atomic E-state index is 9.93. The molecule has 13 heavy (non-hydrogen) atoms. The first-order valence-electron chi connectivity index (χ1n) is 5.23. The molecule has 0 aliphatic heterocycles. The third-order valence-corrected chi connectivity index (χ3v) is 3.79. The van der Waals surface area contributed by atoms with Crippen molar-refractivity contribution in [3.63, 3.8) is 0 Å². The molecule has 0 spiro atoms. The Hall–Kier alpha value is 0.310. The fourth-order valence-electron chi connectivity index (χ4n) is 1.37. The topological polar surface area (TPSA) is 20.2 Å². The molecule has 0 rings (SSSR count). The number of unbranched alkanes of at least 4 members (excludes halogenated alkanes) is 1. The molecular formula is C11H24OS. The molecule has 0 aliphatic carbocycles. The second-order valence-electron chi connectivity index (χ2n) is 4.49. The van der Waals surface area contributed by atoms with E-state index >= 15 is 0 Å². The molecule has 0 heterocycles. The van der Waals surface area contributed by atoms with Crippen molar-refractivity contribution in [2.75, 3.05) is 5.75 Å². The summed E-state index contributed by atoms with van der Waals surface area (Å²) >= 11 is 1.89. The van der Waals surface area contributed by atoms with Gasteiger partial charge >= 0.3 is 0 Å². The summed E-state index contributed by atoms with van der Waals surface area (Å²) in [6, 6.07) is 0. The summed E-state index contributed by atoms with van der Waals surface area (Å²) < 4.78 is 0.00331. The molecule has 2 heteroatoms. The maximum absolute atomic E-state index is 9.93. The van der Waals surface area contributed by atoms with Gasteiger partial charge in [-0.15, -0.1) is 0 Å². The van der Waals surface area contributed by atoms with Crippen LogP contribution in [0.4, 0.5) is 0 Å². The van der Waals surface area contributed by atoms with Crippen molar-refractivity contribution in [2.45, 2.75) is 58.3 Å². The van der Waals surface area contributed by atoms with Crippen molar-refractivity contribution in [2.24, 2.45) is 5.92 Å². The lowest BCUT2D eigenvalue weighted by Crippen LogP contribution is -2.37. The van der Waals surface area contributed by atoms with Crippen LogP contribution in [0, 0.1) is 5.92 Å². The minimum atomic E-state index is -0.200. The summed E-state index contributed by atoms with van der Waals surface area (Å²) in [5, 5.41) is 9.93. The van der Waals surface area contributed by atoms with E-state index in [1.165, 1.54) is 12.8 Å². The predicted molar refractivity (Wildman–Crippen MR) is 62.3 cm³/mol. The van der Waals surface area contributed by atoms with Gasteiger partial charge in [0.15, 0.2) is 0 Å². The summed E-state index contributed by atoms with van der Waals surface area (Å²) in [6.45, 7) is 10.6. The third-order valence-electron chi connectivity index (χ3n) is 2.32. The number of hydrogen-bond donors (Lipinski definition) is 1. The molecule has 0 fully saturated rings. The van der Waals surface area contributed by atoms with Crippen molar-refractivity contribution < 1.29 is 5.11 Å². The summed E-state index contributed by atoms with van der Waals surface area (Å²) in [5.74, 6) is 1.51. The normalized spacial score (nSPS) is 15.0. The largest absolute Gasteiger partial charge is 0.391 e. The highest BCUT2D eigenvalue weighted by Gasteiger charge is 2.29. The Balaban J connectivity index is 3.91.